The SMILES string of the molecule is CC(=O)N1C[C@H](O)C[C@H]1C(=O)N[C@H](CCCc1ccccc1)C(N)=O. The summed E-state index contributed by atoms with van der Waals surface area (Å²) in [5.74, 6) is -1.33. The smallest absolute Gasteiger partial charge is 0.243 e. The molecule has 1 saturated heterocycles. The minimum atomic E-state index is -0.789. The Bertz CT molecular complexity index is 620. The highest BCUT2D eigenvalue weighted by Crippen LogP contribution is 2.18. The van der Waals surface area contributed by atoms with E-state index in [1.54, 1.807) is 0 Å². The fraction of sp³-hybridized carbons (Fsp3) is 0.500. The lowest BCUT2D eigenvalue weighted by atomic mass is 10.0. The topological polar surface area (TPSA) is 113 Å². The number of aliphatic hydroxyl groups excluding tert-OH is 1. The van der Waals surface area contributed by atoms with Crippen LogP contribution in [0.3, 0.4) is 0 Å². The summed E-state index contributed by atoms with van der Waals surface area (Å²) < 4.78 is 0. The second-order valence-electron chi connectivity index (χ2n) is 6.42. The van der Waals surface area contributed by atoms with E-state index in [0.29, 0.717) is 12.8 Å². The number of aryl methyl sites for hydroxylation is 1. The van der Waals surface area contributed by atoms with Crippen LogP contribution in [0.1, 0.15) is 31.7 Å². The van der Waals surface area contributed by atoms with Gasteiger partial charge in [0, 0.05) is 19.9 Å². The highest BCUT2D eigenvalue weighted by atomic mass is 16.3. The van der Waals surface area contributed by atoms with Crippen LogP contribution in [0.2, 0.25) is 0 Å². The molecule has 2 rings (SSSR count). The number of carbonyl (C=O) groups is 3. The van der Waals surface area contributed by atoms with Gasteiger partial charge in [0.1, 0.15) is 12.1 Å². The van der Waals surface area contributed by atoms with E-state index >= 15 is 0 Å². The zero-order valence-corrected chi connectivity index (χ0v) is 14.4. The molecule has 136 valence electrons. The molecule has 0 unspecified atom stereocenters. The van der Waals surface area contributed by atoms with E-state index in [1.807, 2.05) is 30.3 Å². The van der Waals surface area contributed by atoms with E-state index in [-0.39, 0.29) is 18.9 Å². The van der Waals surface area contributed by atoms with Gasteiger partial charge in [-0.05, 0) is 24.8 Å². The number of nitrogens with one attached hydrogen (secondary N) is 1. The number of nitrogens with two attached hydrogens (primary N) is 1. The van der Waals surface area contributed by atoms with Crippen molar-refractivity contribution in [3.8, 4) is 0 Å². The number of likely N-dealkylation sites (tertiary alicyclic amines) is 1. The third-order valence-electron chi connectivity index (χ3n) is 4.45. The molecular weight excluding hydrogens is 322 g/mol. The fourth-order valence-corrected chi connectivity index (χ4v) is 3.12. The predicted octanol–water partition coefficient (Wildman–Crippen LogP) is -0.0389. The van der Waals surface area contributed by atoms with Crippen LogP contribution in [-0.4, -0.2) is 52.5 Å². The molecule has 1 aromatic rings. The van der Waals surface area contributed by atoms with Crippen molar-refractivity contribution in [3.63, 3.8) is 0 Å². The first-order valence-corrected chi connectivity index (χ1v) is 8.47. The average Bonchev–Trinajstić information content (AvgIpc) is 2.97. The Morgan fingerprint density at radius 3 is 2.60 bits per heavy atom. The molecule has 4 N–H and O–H groups in total. The van der Waals surface area contributed by atoms with E-state index in [4.69, 9.17) is 5.73 Å². The summed E-state index contributed by atoms with van der Waals surface area (Å²) in [6.45, 7) is 1.48. The van der Waals surface area contributed by atoms with Gasteiger partial charge < -0.3 is 21.1 Å². The number of β-amino-alcohol motifs (C(OH)–C–C–N with tert-alkyl or cyclic N) is 1. The summed E-state index contributed by atoms with van der Waals surface area (Å²) in [5, 5.41) is 12.3. The van der Waals surface area contributed by atoms with Crippen LogP contribution in [0, 0.1) is 0 Å². The van der Waals surface area contributed by atoms with Crippen LogP contribution in [0.4, 0.5) is 0 Å². The van der Waals surface area contributed by atoms with Crippen molar-refractivity contribution in [2.45, 2.75) is 50.8 Å². The Balaban J connectivity index is 1.90. The van der Waals surface area contributed by atoms with Gasteiger partial charge in [-0.1, -0.05) is 30.3 Å². The molecule has 0 saturated carbocycles. The van der Waals surface area contributed by atoms with Gasteiger partial charge in [0.05, 0.1) is 6.10 Å². The molecule has 1 fully saturated rings. The number of aliphatic hydroxyl groups is 1. The molecule has 25 heavy (non-hydrogen) atoms. The van der Waals surface area contributed by atoms with Gasteiger partial charge in [-0.3, -0.25) is 14.4 Å². The standard InChI is InChI=1S/C18H25N3O4/c1-12(22)21-11-14(23)10-16(21)18(25)20-15(17(19)24)9-5-8-13-6-3-2-4-7-13/h2-4,6-7,14-16,23H,5,8-11H2,1H3,(H2,19,24)(H,20,25)/t14-,15-,16+/m1/s1. The van der Waals surface area contributed by atoms with E-state index in [1.165, 1.54) is 11.8 Å². The van der Waals surface area contributed by atoms with Crippen molar-refractivity contribution >= 4 is 17.7 Å². The third kappa shape index (κ3) is 5.29. The number of hydrogen-bond acceptors (Lipinski definition) is 4. The Morgan fingerprint density at radius 1 is 1.32 bits per heavy atom. The summed E-state index contributed by atoms with van der Waals surface area (Å²) in [5.41, 5.74) is 6.55. The molecule has 3 atom stereocenters. The monoisotopic (exact) mass is 347 g/mol. The van der Waals surface area contributed by atoms with Crippen molar-refractivity contribution in [1.82, 2.24) is 10.2 Å². The molecule has 3 amide bonds. The molecule has 7 nitrogen and oxygen atoms in total. The Kier molecular flexibility index (Phi) is 6.52. The van der Waals surface area contributed by atoms with Crippen LogP contribution in [0.5, 0.6) is 0 Å². The molecule has 0 bridgehead atoms. The van der Waals surface area contributed by atoms with Gasteiger partial charge in [0.25, 0.3) is 0 Å². The zero-order chi connectivity index (χ0) is 18.4. The number of carbonyl (C=O) groups excluding carboxylic acids is 3. The molecule has 0 aliphatic carbocycles. The van der Waals surface area contributed by atoms with E-state index in [0.717, 1.165) is 12.0 Å². The molecule has 0 aromatic heterocycles. The molecule has 1 aliphatic heterocycles. The van der Waals surface area contributed by atoms with Crippen LogP contribution in [0.15, 0.2) is 30.3 Å². The van der Waals surface area contributed by atoms with Gasteiger partial charge in [-0.15, -0.1) is 0 Å². The highest BCUT2D eigenvalue weighted by molar-refractivity contribution is 5.91. The average molecular weight is 347 g/mol. The van der Waals surface area contributed by atoms with Gasteiger partial charge in [-0.2, -0.15) is 0 Å². The molecule has 1 aromatic carbocycles. The lowest BCUT2D eigenvalue weighted by molar-refractivity contribution is -0.138. The highest BCUT2D eigenvalue weighted by Gasteiger charge is 2.38. The maximum absolute atomic E-state index is 12.4. The fourth-order valence-electron chi connectivity index (χ4n) is 3.12. The summed E-state index contributed by atoms with van der Waals surface area (Å²) >= 11 is 0. The molecule has 0 radical (unpaired) electrons. The zero-order valence-electron chi connectivity index (χ0n) is 14.4. The van der Waals surface area contributed by atoms with Crippen molar-refractivity contribution in [2.24, 2.45) is 5.73 Å². The van der Waals surface area contributed by atoms with Crippen molar-refractivity contribution in [1.29, 1.82) is 0 Å². The summed E-state index contributed by atoms with van der Waals surface area (Å²) in [4.78, 5) is 37.0. The summed E-state index contributed by atoms with van der Waals surface area (Å²) in [6.07, 6.45) is 1.33. The number of primary amides is 1. The number of hydrogen-bond donors (Lipinski definition) is 3. The minimum absolute atomic E-state index is 0.128. The van der Waals surface area contributed by atoms with Crippen LogP contribution >= 0.6 is 0 Å². The lowest BCUT2D eigenvalue weighted by Gasteiger charge is -2.24. The maximum atomic E-state index is 12.4. The quantitative estimate of drug-likeness (QED) is 0.642. The molecule has 0 spiro atoms. The maximum Gasteiger partial charge on any atom is 0.243 e. The van der Waals surface area contributed by atoms with Crippen LogP contribution in [0.25, 0.3) is 0 Å². The molecule has 1 heterocycles. The van der Waals surface area contributed by atoms with Gasteiger partial charge in [0.2, 0.25) is 17.7 Å². The van der Waals surface area contributed by atoms with Crippen molar-refractivity contribution < 1.29 is 19.5 Å². The van der Waals surface area contributed by atoms with Crippen molar-refractivity contribution in [2.75, 3.05) is 6.54 Å². The van der Waals surface area contributed by atoms with Gasteiger partial charge in [0.15, 0.2) is 0 Å². The second kappa shape index (κ2) is 8.62. The Hall–Kier alpha value is -2.41. The lowest BCUT2D eigenvalue weighted by Crippen LogP contribution is -2.52. The van der Waals surface area contributed by atoms with E-state index in [9.17, 15) is 19.5 Å². The molecule has 7 heteroatoms. The van der Waals surface area contributed by atoms with Crippen LogP contribution in [-0.2, 0) is 20.8 Å². The number of rotatable bonds is 7. The number of benzene rings is 1. The first-order chi connectivity index (χ1) is 11.9. The summed E-state index contributed by atoms with van der Waals surface area (Å²) in [6, 6.07) is 8.29. The van der Waals surface area contributed by atoms with Crippen molar-refractivity contribution in [3.05, 3.63) is 35.9 Å². The Labute approximate surface area is 147 Å². The van der Waals surface area contributed by atoms with Gasteiger partial charge >= 0.3 is 0 Å². The predicted molar refractivity (Wildman–Crippen MR) is 92.3 cm³/mol. The van der Waals surface area contributed by atoms with Crippen LogP contribution < -0.4 is 11.1 Å². The molecular formula is C18H25N3O4. The Morgan fingerprint density at radius 2 is 2.00 bits per heavy atom. The summed E-state index contributed by atoms with van der Waals surface area (Å²) in [7, 11) is 0. The normalized spacial score (nSPS) is 21.0. The largest absolute Gasteiger partial charge is 0.391 e. The number of amides is 3. The first-order valence-electron chi connectivity index (χ1n) is 8.47. The third-order valence-corrected chi connectivity index (χ3v) is 4.45. The van der Waals surface area contributed by atoms with E-state index < -0.39 is 30.0 Å². The number of nitrogens with zero attached hydrogens (tertiary/aromatic N) is 1. The molecule has 1 aliphatic rings. The minimum Gasteiger partial charge on any atom is -0.391 e. The van der Waals surface area contributed by atoms with E-state index in [2.05, 4.69) is 5.32 Å². The first kappa shape index (κ1) is 18.9. The van der Waals surface area contributed by atoms with Gasteiger partial charge in [-0.25, -0.2) is 0 Å². The second-order valence-corrected chi connectivity index (χ2v) is 6.42.